The maximum absolute atomic E-state index is 12.7. The molecule has 0 aliphatic rings. The summed E-state index contributed by atoms with van der Waals surface area (Å²) in [6.07, 6.45) is 48.2. The summed E-state index contributed by atoms with van der Waals surface area (Å²) in [5.41, 5.74) is 0. The third-order valence-corrected chi connectivity index (χ3v) is 10.5. The number of hydrogen-bond acceptors (Lipinski definition) is 8. The van der Waals surface area contributed by atoms with Crippen LogP contribution >= 0.6 is 7.82 Å². The van der Waals surface area contributed by atoms with Gasteiger partial charge in [0.25, 0.3) is 7.82 Å². The van der Waals surface area contributed by atoms with Crippen molar-refractivity contribution in [3.8, 4) is 0 Å². The monoisotopic (exact) mass is 836 g/mol. The second-order valence-electron chi connectivity index (χ2n) is 16.4. The van der Waals surface area contributed by atoms with Crippen LogP contribution in [0.1, 0.15) is 181 Å². The van der Waals surface area contributed by atoms with Crippen LogP contribution in [0, 0.1) is 0 Å². The number of hydrogen-bond donors (Lipinski definition) is 0. The lowest BCUT2D eigenvalue weighted by Gasteiger charge is -2.28. The van der Waals surface area contributed by atoms with E-state index in [4.69, 9.17) is 18.5 Å². The number of carbonyl (C=O) groups is 2. The molecule has 0 N–H and O–H groups in total. The molecule has 0 radical (unpaired) electrons. The van der Waals surface area contributed by atoms with Gasteiger partial charge in [0.15, 0.2) is 6.10 Å². The number of allylic oxidation sites excluding steroid dienone is 10. The minimum absolute atomic E-state index is 0.0423. The van der Waals surface area contributed by atoms with E-state index in [2.05, 4.69) is 74.6 Å². The van der Waals surface area contributed by atoms with Gasteiger partial charge in [-0.1, -0.05) is 152 Å². The number of phosphoric acid groups is 1. The Morgan fingerprint density at radius 1 is 0.534 bits per heavy atom. The van der Waals surface area contributed by atoms with Crippen molar-refractivity contribution in [1.82, 2.24) is 0 Å². The zero-order valence-electron chi connectivity index (χ0n) is 37.7. The zero-order valence-corrected chi connectivity index (χ0v) is 38.6. The molecule has 58 heavy (non-hydrogen) atoms. The summed E-state index contributed by atoms with van der Waals surface area (Å²) in [5.74, 6) is -0.907. The quantitative estimate of drug-likeness (QED) is 0.0197. The highest BCUT2D eigenvalue weighted by atomic mass is 31.2. The SMILES string of the molecule is CCCCC/C=C/C/C=C/CCCCCCCCCC(=O)O[C@H](COC(=O)CCC/C=C/C/C=C/C/C=C/CCCCCCCC)COP(=O)([O-])OCC[N+](C)(C)C. The Kier molecular flexibility index (Phi) is 38.5. The van der Waals surface area contributed by atoms with E-state index in [9.17, 15) is 19.0 Å². The summed E-state index contributed by atoms with van der Waals surface area (Å²) >= 11 is 0. The molecule has 0 spiro atoms. The highest BCUT2D eigenvalue weighted by Gasteiger charge is 2.21. The first-order valence-corrected chi connectivity index (χ1v) is 24.5. The van der Waals surface area contributed by atoms with E-state index < -0.39 is 32.5 Å². The van der Waals surface area contributed by atoms with Gasteiger partial charge in [-0.2, -0.15) is 0 Å². The van der Waals surface area contributed by atoms with Crippen molar-refractivity contribution < 1.29 is 42.1 Å². The number of rotatable bonds is 41. The van der Waals surface area contributed by atoms with Gasteiger partial charge in [-0.15, -0.1) is 0 Å². The van der Waals surface area contributed by atoms with Crippen molar-refractivity contribution in [2.24, 2.45) is 0 Å². The molecule has 10 heteroatoms. The number of carbonyl (C=O) groups excluding carboxylic acids is 2. The average molecular weight is 836 g/mol. The van der Waals surface area contributed by atoms with Gasteiger partial charge in [0, 0.05) is 12.8 Å². The Labute approximate surface area is 356 Å². The molecule has 0 saturated heterocycles. The summed E-state index contributed by atoms with van der Waals surface area (Å²) < 4.78 is 33.9. The number of unbranched alkanes of at least 4 members (excludes halogenated alkanes) is 17. The zero-order chi connectivity index (χ0) is 42.8. The number of likely N-dealkylation sites (N-methyl/N-ethyl adjacent to an activating group) is 1. The van der Waals surface area contributed by atoms with E-state index in [1.807, 2.05) is 21.1 Å². The molecule has 0 amide bonds. The predicted molar refractivity (Wildman–Crippen MR) is 240 cm³/mol. The summed E-state index contributed by atoms with van der Waals surface area (Å²) in [6, 6.07) is 0. The molecule has 0 aromatic heterocycles. The van der Waals surface area contributed by atoms with Gasteiger partial charge in [-0.3, -0.25) is 14.2 Å². The van der Waals surface area contributed by atoms with Crippen LogP contribution in [0.5, 0.6) is 0 Å². The maximum atomic E-state index is 12.7. The Hall–Kier alpha value is -2.29. The van der Waals surface area contributed by atoms with Gasteiger partial charge in [-0.05, 0) is 77.0 Å². The number of esters is 2. The summed E-state index contributed by atoms with van der Waals surface area (Å²) in [6.45, 7) is 4.12. The van der Waals surface area contributed by atoms with Gasteiger partial charge in [-0.25, -0.2) is 0 Å². The maximum Gasteiger partial charge on any atom is 0.306 e. The van der Waals surface area contributed by atoms with Crippen LogP contribution in [0.25, 0.3) is 0 Å². The summed E-state index contributed by atoms with van der Waals surface area (Å²) in [5, 5.41) is 0. The molecule has 0 fully saturated rings. The first kappa shape index (κ1) is 55.7. The largest absolute Gasteiger partial charge is 0.756 e. The number of nitrogens with zero attached hydrogens (tertiary/aromatic N) is 1. The van der Waals surface area contributed by atoms with E-state index >= 15 is 0 Å². The van der Waals surface area contributed by atoms with Crippen molar-refractivity contribution in [1.29, 1.82) is 0 Å². The predicted octanol–water partition coefficient (Wildman–Crippen LogP) is 12.6. The molecule has 0 aromatic rings. The second kappa shape index (κ2) is 40.1. The molecular weight excluding hydrogens is 750 g/mol. The Bertz CT molecular complexity index is 1170. The normalized spacial score (nSPS) is 14.1. The molecule has 2 atom stereocenters. The molecule has 9 nitrogen and oxygen atoms in total. The van der Waals surface area contributed by atoms with Crippen molar-refractivity contribution >= 4 is 19.8 Å². The van der Waals surface area contributed by atoms with Gasteiger partial charge >= 0.3 is 11.9 Å². The molecule has 0 aromatic carbocycles. The molecular formula is C48H86NO8P. The molecule has 0 saturated carbocycles. The van der Waals surface area contributed by atoms with Crippen molar-refractivity contribution in [3.63, 3.8) is 0 Å². The van der Waals surface area contributed by atoms with Crippen LogP contribution in [0.4, 0.5) is 0 Å². The van der Waals surface area contributed by atoms with Crippen molar-refractivity contribution in [2.45, 2.75) is 187 Å². The standard InChI is InChI=1S/C48H86NO8P/c1-6-8-10-12-14-16-18-20-22-24-26-28-30-32-34-36-38-40-47(50)54-44-46(45-56-58(52,53)55-43-42-49(3,4)5)57-48(51)41-39-37-35-33-31-29-27-25-23-21-19-17-15-13-11-9-7-2/h15,17,20-23,26,28,32,34,46H,6-14,16,18-19,24-25,27,29-31,33,35-45H2,1-5H3/b17-15+,22-20+,23-21+,28-26+,34-32+/t46-/m1/s1. The van der Waals surface area contributed by atoms with E-state index in [1.165, 1.54) is 83.5 Å². The molecule has 0 aliphatic heterocycles. The Morgan fingerprint density at radius 3 is 1.47 bits per heavy atom. The van der Waals surface area contributed by atoms with Crippen LogP contribution in [-0.4, -0.2) is 70.0 Å². The third-order valence-electron chi connectivity index (χ3n) is 9.51. The Balaban J connectivity index is 4.44. The lowest BCUT2D eigenvalue weighted by Crippen LogP contribution is -2.37. The highest BCUT2D eigenvalue weighted by Crippen LogP contribution is 2.38. The van der Waals surface area contributed by atoms with E-state index in [-0.39, 0.29) is 26.1 Å². The van der Waals surface area contributed by atoms with Gasteiger partial charge in [0.2, 0.25) is 0 Å². The second-order valence-corrected chi connectivity index (χ2v) is 17.8. The molecule has 0 aliphatic carbocycles. The van der Waals surface area contributed by atoms with E-state index in [0.29, 0.717) is 23.9 Å². The molecule has 0 heterocycles. The highest BCUT2D eigenvalue weighted by molar-refractivity contribution is 7.45. The molecule has 336 valence electrons. The van der Waals surface area contributed by atoms with Crippen LogP contribution in [0.15, 0.2) is 60.8 Å². The van der Waals surface area contributed by atoms with Crippen molar-refractivity contribution in [2.75, 3.05) is 47.5 Å². The summed E-state index contributed by atoms with van der Waals surface area (Å²) in [7, 11) is 1.13. The first-order valence-electron chi connectivity index (χ1n) is 23.0. The first-order chi connectivity index (χ1) is 28.0. The fourth-order valence-electron chi connectivity index (χ4n) is 5.88. The molecule has 0 bridgehead atoms. The lowest BCUT2D eigenvalue weighted by atomic mass is 10.1. The topological polar surface area (TPSA) is 111 Å². The number of ether oxygens (including phenoxy) is 2. The fourth-order valence-corrected chi connectivity index (χ4v) is 6.60. The van der Waals surface area contributed by atoms with Crippen LogP contribution < -0.4 is 4.89 Å². The smallest absolute Gasteiger partial charge is 0.306 e. The van der Waals surface area contributed by atoms with Gasteiger partial charge < -0.3 is 27.9 Å². The third kappa shape index (κ3) is 43.3. The minimum Gasteiger partial charge on any atom is -0.756 e. The van der Waals surface area contributed by atoms with Crippen LogP contribution in [-0.2, 0) is 32.7 Å². The number of phosphoric ester groups is 1. The summed E-state index contributed by atoms with van der Waals surface area (Å²) in [4.78, 5) is 37.6. The Morgan fingerprint density at radius 2 is 0.948 bits per heavy atom. The fraction of sp³-hybridized carbons (Fsp3) is 0.750. The molecule has 0 rings (SSSR count). The van der Waals surface area contributed by atoms with Crippen LogP contribution in [0.2, 0.25) is 0 Å². The van der Waals surface area contributed by atoms with Crippen molar-refractivity contribution in [3.05, 3.63) is 60.8 Å². The number of quaternary nitrogens is 1. The van der Waals surface area contributed by atoms with Gasteiger partial charge in [0.1, 0.15) is 19.8 Å². The van der Waals surface area contributed by atoms with E-state index in [0.717, 1.165) is 57.8 Å². The molecule has 1 unspecified atom stereocenters. The van der Waals surface area contributed by atoms with Gasteiger partial charge in [0.05, 0.1) is 27.7 Å². The van der Waals surface area contributed by atoms with E-state index in [1.54, 1.807) is 0 Å². The minimum atomic E-state index is -4.64. The average Bonchev–Trinajstić information content (AvgIpc) is 3.17. The van der Waals surface area contributed by atoms with Crippen LogP contribution in [0.3, 0.4) is 0 Å². The lowest BCUT2D eigenvalue weighted by molar-refractivity contribution is -0.870.